The zero-order valence-corrected chi connectivity index (χ0v) is 13.1. The first kappa shape index (κ1) is 14.7. The molecule has 1 saturated heterocycles. The van der Waals surface area contributed by atoms with Crippen molar-refractivity contribution < 1.29 is 33.3 Å². The van der Waals surface area contributed by atoms with Gasteiger partial charge in [0, 0.05) is 17.5 Å². The van der Waals surface area contributed by atoms with Crippen molar-refractivity contribution >= 4 is 17.5 Å². The second-order valence-corrected chi connectivity index (χ2v) is 5.84. The van der Waals surface area contributed by atoms with Gasteiger partial charge in [-0.1, -0.05) is 0 Å². The van der Waals surface area contributed by atoms with Crippen LogP contribution in [-0.4, -0.2) is 44.5 Å². The van der Waals surface area contributed by atoms with Crippen molar-refractivity contribution in [3.63, 3.8) is 0 Å². The Morgan fingerprint density at radius 3 is 2.58 bits per heavy atom. The van der Waals surface area contributed by atoms with Gasteiger partial charge in [0.1, 0.15) is 17.6 Å². The molecule has 0 radical (unpaired) electrons. The lowest BCUT2D eigenvalue weighted by atomic mass is 9.80. The fourth-order valence-corrected chi connectivity index (χ4v) is 3.41. The number of carbonyl (C=O) groups excluding carboxylic acids is 3. The van der Waals surface area contributed by atoms with Gasteiger partial charge >= 0.3 is 5.97 Å². The van der Waals surface area contributed by atoms with Crippen LogP contribution in [0.25, 0.3) is 0 Å². The summed E-state index contributed by atoms with van der Waals surface area (Å²) in [6.45, 7) is 0.169. The van der Waals surface area contributed by atoms with Crippen LogP contribution in [0.1, 0.15) is 27.1 Å². The van der Waals surface area contributed by atoms with Crippen molar-refractivity contribution in [1.82, 2.24) is 0 Å². The first-order valence-electron chi connectivity index (χ1n) is 7.47. The Morgan fingerprint density at radius 2 is 1.88 bits per heavy atom. The minimum atomic E-state index is -0.733. The minimum Gasteiger partial charge on any atom is -0.497 e. The van der Waals surface area contributed by atoms with Crippen LogP contribution in [0.3, 0.4) is 0 Å². The van der Waals surface area contributed by atoms with E-state index in [2.05, 4.69) is 0 Å². The summed E-state index contributed by atoms with van der Waals surface area (Å²) in [4.78, 5) is 37.4. The lowest BCUT2D eigenvalue weighted by Gasteiger charge is -2.31. The van der Waals surface area contributed by atoms with Crippen LogP contribution in [0.2, 0.25) is 0 Å². The van der Waals surface area contributed by atoms with Gasteiger partial charge in [0.05, 0.1) is 38.4 Å². The maximum Gasteiger partial charge on any atom is 0.306 e. The van der Waals surface area contributed by atoms with Crippen molar-refractivity contribution in [3.05, 3.63) is 34.6 Å². The summed E-state index contributed by atoms with van der Waals surface area (Å²) >= 11 is 0. The quantitative estimate of drug-likeness (QED) is 0.755. The summed E-state index contributed by atoms with van der Waals surface area (Å²) in [7, 11) is 2.87. The molecule has 2 unspecified atom stereocenters. The van der Waals surface area contributed by atoms with E-state index in [9.17, 15) is 14.4 Å². The molecule has 1 aromatic rings. The summed E-state index contributed by atoms with van der Waals surface area (Å²) < 4.78 is 21.2. The van der Waals surface area contributed by atoms with E-state index in [4.69, 9.17) is 18.9 Å². The number of methoxy groups -OCH3 is 2. The number of hydrogen-bond acceptors (Lipinski definition) is 7. The highest BCUT2D eigenvalue weighted by Crippen LogP contribution is 2.43. The summed E-state index contributed by atoms with van der Waals surface area (Å²) in [5.41, 5.74) is 0.428. The molecule has 0 aromatic heterocycles. The fourth-order valence-electron chi connectivity index (χ4n) is 3.41. The molecule has 1 fully saturated rings. The zero-order valence-electron chi connectivity index (χ0n) is 13.1. The van der Waals surface area contributed by atoms with E-state index in [-0.39, 0.29) is 47.2 Å². The average molecular weight is 330 g/mol. The van der Waals surface area contributed by atoms with Gasteiger partial charge in [0.2, 0.25) is 5.78 Å². The first-order chi connectivity index (χ1) is 11.5. The van der Waals surface area contributed by atoms with Gasteiger partial charge in [0.25, 0.3) is 0 Å². The predicted octanol–water partition coefficient (Wildman–Crippen LogP) is 1.30. The van der Waals surface area contributed by atoms with E-state index >= 15 is 0 Å². The number of fused-ring (bicyclic) bond motifs is 3. The molecule has 3 aliphatic rings. The molecule has 7 heteroatoms. The number of esters is 1. The topological polar surface area (TPSA) is 88.1 Å². The zero-order chi connectivity index (χ0) is 17.0. The SMILES string of the molecule is COc1cc(OC)c2c(c1)C(=O)C1=C(OCC3CC(=O)OC13)C2=O. The average Bonchev–Trinajstić information content (AvgIpc) is 2.97. The second kappa shape index (κ2) is 5.09. The molecule has 0 spiro atoms. The van der Waals surface area contributed by atoms with Crippen molar-refractivity contribution in [2.24, 2.45) is 5.92 Å². The molecule has 0 amide bonds. The summed E-state index contributed by atoms with van der Waals surface area (Å²) in [5.74, 6) is -0.900. The molecule has 0 N–H and O–H groups in total. The van der Waals surface area contributed by atoms with E-state index in [0.717, 1.165) is 0 Å². The summed E-state index contributed by atoms with van der Waals surface area (Å²) in [5, 5.41) is 0. The standard InChI is InChI=1S/C17H14O7/c1-21-8-4-9-12(10(5-8)22-2)15(20)17-13(14(9)19)16-7(6-23-17)3-11(18)24-16/h4-5,7,16H,3,6H2,1-2H3. The number of allylic oxidation sites excluding steroid dienone is 1. The Hall–Kier alpha value is -2.83. The van der Waals surface area contributed by atoms with Crippen molar-refractivity contribution in [3.8, 4) is 11.5 Å². The molecule has 7 nitrogen and oxygen atoms in total. The predicted molar refractivity (Wildman–Crippen MR) is 79.2 cm³/mol. The fraction of sp³-hybridized carbons (Fsp3) is 0.353. The summed E-state index contributed by atoms with van der Waals surface area (Å²) in [6, 6.07) is 3.03. The molecule has 0 bridgehead atoms. The maximum atomic E-state index is 13.0. The number of ether oxygens (including phenoxy) is 4. The van der Waals surface area contributed by atoms with Crippen LogP contribution in [0.5, 0.6) is 11.5 Å². The molecule has 2 heterocycles. The number of carbonyl (C=O) groups is 3. The van der Waals surface area contributed by atoms with Crippen molar-refractivity contribution in [2.75, 3.05) is 20.8 Å². The van der Waals surface area contributed by atoms with Gasteiger partial charge in [0.15, 0.2) is 11.5 Å². The Labute approximate surface area is 137 Å². The number of ketones is 2. The third kappa shape index (κ3) is 1.87. The van der Waals surface area contributed by atoms with Gasteiger partial charge in [-0.15, -0.1) is 0 Å². The molecule has 2 atom stereocenters. The van der Waals surface area contributed by atoms with Crippen LogP contribution in [-0.2, 0) is 14.3 Å². The van der Waals surface area contributed by atoms with Crippen molar-refractivity contribution in [1.29, 1.82) is 0 Å². The molecular weight excluding hydrogens is 316 g/mol. The summed E-state index contributed by atoms with van der Waals surface area (Å²) in [6.07, 6.45) is -0.556. The molecule has 4 rings (SSSR count). The lowest BCUT2D eigenvalue weighted by Crippen LogP contribution is -2.38. The van der Waals surface area contributed by atoms with E-state index in [1.165, 1.54) is 26.4 Å². The van der Waals surface area contributed by atoms with Gasteiger partial charge < -0.3 is 18.9 Å². The van der Waals surface area contributed by atoms with Crippen LogP contribution in [0, 0.1) is 5.92 Å². The molecule has 2 aliphatic heterocycles. The Morgan fingerprint density at radius 1 is 1.08 bits per heavy atom. The highest BCUT2D eigenvalue weighted by Gasteiger charge is 2.50. The Bertz CT molecular complexity index is 820. The molecule has 124 valence electrons. The van der Waals surface area contributed by atoms with E-state index in [0.29, 0.717) is 5.75 Å². The van der Waals surface area contributed by atoms with Crippen molar-refractivity contribution in [2.45, 2.75) is 12.5 Å². The first-order valence-corrected chi connectivity index (χ1v) is 7.47. The third-order valence-electron chi connectivity index (χ3n) is 4.54. The van der Waals surface area contributed by atoms with Crippen LogP contribution < -0.4 is 9.47 Å². The second-order valence-electron chi connectivity index (χ2n) is 5.84. The third-order valence-corrected chi connectivity index (χ3v) is 4.54. The van der Waals surface area contributed by atoms with Crippen LogP contribution in [0.15, 0.2) is 23.5 Å². The highest BCUT2D eigenvalue weighted by molar-refractivity contribution is 6.28. The Balaban J connectivity index is 1.90. The van der Waals surface area contributed by atoms with E-state index < -0.39 is 23.6 Å². The van der Waals surface area contributed by atoms with E-state index in [1.54, 1.807) is 0 Å². The molecular formula is C17H14O7. The maximum absolute atomic E-state index is 13.0. The van der Waals surface area contributed by atoms with Gasteiger partial charge in [-0.05, 0) is 6.07 Å². The van der Waals surface area contributed by atoms with Crippen LogP contribution >= 0.6 is 0 Å². The molecule has 0 saturated carbocycles. The Kier molecular flexibility index (Phi) is 3.13. The number of hydrogen-bond donors (Lipinski definition) is 0. The highest BCUT2D eigenvalue weighted by atomic mass is 16.6. The molecule has 1 aliphatic carbocycles. The van der Waals surface area contributed by atoms with E-state index in [1.807, 2.05) is 0 Å². The lowest BCUT2D eigenvalue weighted by molar-refractivity contribution is -0.140. The largest absolute Gasteiger partial charge is 0.497 e. The van der Waals surface area contributed by atoms with Gasteiger partial charge in [-0.25, -0.2) is 0 Å². The normalized spacial score (nSPS) is 24.7. The number of rotatable bonds is 2. The van der Waals surface area contributed by atoms with Gasteiger partial charge in [-0.3, -0.25) is 14.4 Å². The molecule has 1 aromatic carbocycles. The smallest absolute Gasteiger partial charge is 0.306 e. The van der Waals surface area contributed by atoms with Crippen LogP contribution in [0.4, 0.5) is 0 Å². The van der Waals surface area contributed by atoms with Gasteiger partial charge in [-0.2, -0.15) is 0 Å². The monoisotopic (exact) mass is 330 g/mol. The minimum absolute atomic E-state index is 0.0492. The number of benzene rings is 1. The number of Topliss-reactive ketones (excluding diaryl/α,β-unsaturated/α-hetero) is 2. The molecule has 24 heavy (non-hydrogen) atoms.